The number of ether oxygens (including phenoxy) is 1. The highest BCUT2D eigenvalue weighted by molar-refractivity contribution is 6.07. The molecule has 1 N–H and O–H groups in total. The largest absolute Gasteiger partial charge is 0.492 e. The molecule has 0 aliphatic heterocycles. The molecule has 28 heavy (non-hydrogen) atoms. The second kappa shape index (κ2) is 8.70. The van der Waals surface area contributed by atoms with Crippen molar-refractivity contribution in [3.8, 4) is 5.75 Å². The Morgan fingerprint density at radius 3 is 2.50 bits per heavy atom. The summed E-state index contributed by atoms with van der Waals surface area (Å²) in [6, 6.07) is 17.9. The van der Waals surface area contributed by atoms with E-state index in [4.69, 9.17) is 4.74 Å². The number of pyridine rings is 1. The highest BCUT2D eigenvalue weighted by Gasteiger charge is 2.19. The number of nitrogens with zero attached hydrogens (tertiary/aromatic N) is 1. The van der Waals surface area contributed by atoms with Gasteiger partial charge in [-0.15, -0.1) is 0 Å². The average molecular weight is 374 g/mol. The zero-order valence-corrected chi connectivity index (χ0v) is 16.9. The zero-order chi connectivity index (χ0) is 20.1. The number of hydrogen-bond acceptors (Lipinski definition) is 3. The zero-order valence-electron chi connectivity index (χ0n) is 16.9. The van der Waals surface area contributed by atoms with E-state index in [1.54, 1.807) is 0 Å². The molecule has 0 aliphatic carbocycles. The van der Waals surface area contributed by atoms with E-state index in [1.165, 1.54) is 5.56 Å². The van der Waals surface area contributed by atoms with E-state index in [1.807, 2.05) is 70.2 Å². The van der Waals surface area contributed by atoms with Crippen molar-refractivity contribution >= 4 is 11.6 Å². The normalized spacial score (nSPS) is 10.6. The minimum atomic E-state index is -0.201. The molecule has 4 heteroatoms. The number of hydrogen-bond donors (Lipinski definition) is 1. The molecule has 144 valence electrons. The molecule has 0 bridgehead atoms. The van der Waals surface area contributed by atoms with Crippen LogP contribution in [0.4, 0.5) is 5.69 Å². The second-order valence-corrected chi connectivity index (χ2v) is 7.01. The van der Waals surface area contributed by atoms with Crippen LogP contribution in [0, 0.1) is 27.7 Å². The Labute approximate surface area is 166 Å². The number of rotatable bonds is 6. The lowest BCUT2D eigenvalue weighted by atomic mass is 10.1. The molecule has 0 fully saturated rings. The van der Waals surface area contributed by atoms with E-state index in [9.17, 15) is 4.79 Å². The van der Waals surface area contributed by atoms with Gasteiger partial charge >= 0.3 is 0 Å². The van der Waals surface area contributed by atoms with E-state index >= 15 is 0 Å². The lowest BCUT2D eigenvalue weighted by Crippen LogP contribution is -2.18. The third kappa shape index (κ3) is 4.58. The number of benzene rings is 2. The van der Waals surface area contributed by atoms with Gasteiger partial charge in [-0.3, -0.25) is 9.78 Å². The molecule has 1 aromatic heterocycles. The summed E-state index contributed by atoms with van der Waals surface area (Å²) < 4.78 is 6.01. The van der Waals surface area contributed by atoms with Crippen molar-refractivity contribution in [3.05, 3.63) is 88.2 Å². The summed E-state index contributed by atoms with van der Waals surface area (Å²) in [5.41, 5.74) is 6.18. The van der Waals surface area contributed by atoms with Gasteiger partial charge in [-0.05, 0) is 50.5 Å². The van der Waals surface area contributed by atoms with Crippen LogP contribution in [0.15, 0.2) is 54.6 Å². The quantitative estimate of drug-likeness (QED) is 0.646. The van der Waals surface area contributed by atoms with Gasteiger partial charge in [-0.25, -0.2) is 0 Å². The molecule has 0 spiro atoms. The van der Waals surface area contributed by atoms with Gasteiger partial charge in [0.05, 0.1) is 12.3 Å². The first-order valence-corrected chi connectivity index (χ1v) is 9.48. The molecule has 3 aromatic rings. The molecule has 0 saturated heterocycles. The van der Waals surface area contributed by atoms with E-state index < -0.39 is 0 Å². The van der Waals surface area contributed by atoms with Gasteiger partial charge in [-0.1, -0.05) is 42.5 Å². The van der Waals surface area contributed by atoms with Gasteiger partial charge in [0.25, 0.3) is 5.91 Å². The van der Waals surface area contributed by atoms with Crippen LogP contribution in [0.3, 0.4) is 0 Å². The number of anilines is 1. The Morgan fingerprint density at radius 1 is 1.00 bits per heavy atom. The summed E-state index contributed by atoms with van der Waals surface area (Å²) in [5.74, 6) is 0.372. The third-order valence-corrected chi connectivity index (χ3v) is 4.86. The molecule has 0 atom stereocenters. The van der Waals surface area contributed by atoms with Crippen LogP contribution >= 0.6 is 0 Å². The Bertz CT molecular complexity index is 981. The molecule has 4 nitrogen and oxygen atoms in total. The SMILES string of the molecule is Cc1cc(OCCc2ccccc2)c(C(=O)Nc2cccc(C)c2C)c(C)n1. The maximum atomic E-state index is 13.0. The van der Waals surface area contributed by atoms with Crippen LogP contribution in [-0.4, -0.2) is 17.5 Å². The lowest BCUT2D eigenvalue weighted by Gasteiger charge is -2.16. The van der Waals surface area contributed by atoms with Gasteiger partial charge in [0, 0.05) is 23.9 Å². The first-order chi connectivity index (χ1) is 13.5. The van der Waals surface area contributed by atoms with Crippen molar-refractivity contribution in [3.63, 3.8) is 0 Å². The van der Waals surface area contributed by atoms with E-state index in [-0.39, 0.29) is 5.91 Å². The van der Waals surface area contributed by atoms with Crippen molar-refractivity contribution in [1.82, 2.24) is 4.98 Å². The summed E-state index contributed by atoms with van der Waals surface area (Å²) in [6.45, 7) is 8.28. The van der Waals surface area contributed by atoms with Gasteiger partial charge in [0.1, 0.15) is 11.3 Å². The fourth-order valence-electron chi connectivity index (χ4n) is 3.18. The van der Waals surface area contributed by atoms with Crippen molar-refractivity contribution in [2.75, 3.05) is 11.9 Å². The smallest absolute Gasteiger partial charge is 0.261 e. The van der Waals surface area contributed by atoms with E-state index in [0.29, 0.717) is 23.6 Å². The first kappa shape index (κ1) is 19.6. The third-order valence-electron chi connectivity index (χ3n) is 4.86. The van der Waals surface area contributed by atoms with E-state index in [2.05, 4.69) is 22.4 Å². The minimum Gasteiger partial charge on any atom is -0.492 e. The monoisotopic (exact) mass is 374 g/mol. The number of nitrogens with one attached hydrogen (secondary N) is 1. The summed E-state index contributed by atoms with van der Waals surface area (Å²) in [7, 11) is 0. The molecule has 0 saturated carbocycles. The van der Waals surface area contributed by atoms with Gasteiger partial charge < -0.3 is 10.1 Å². The molecule has 3 rings (SSSR count). The summed E-state index contributed by atoms with van der Waals surface area (Å²) in [4.78, 5) is 17.5. The Kier molecular flexibility index (Phi) is 6.09. The Hall–Kier alpha value is -3.14. The van der Waals surface area contributed by atoms with Crippen LogP contribution < -0.4 is 10.1 Å². The van der Waals surface area contributed by atoms with Gasteiger partial charge in [0.2, 0.25) is 0 Å². The Balaban J connectivity index is 1.81. The highest BCUT2D eigenvalue weighted by Crippen LogP contribution is 2.25. The van der Waals surface area contributed by atoms with Gasteiger partial charge in [0.15, 0.2) is 0 Å². The second-order valence-electron chi connectivity index (χ2n) is 7.01. The predicted octanol–water partition coefficient (Wildman–Crippen LogP) is 5.19. The number of amides is 1. The molecular weight excluding hydrogens is 348 g/mol. The van der Waals surface area contributed by atoms with Crippen molar-refractivity contribution in [1.29, 1.82) is 0 Å². The fourth-order valence-corrected chi connectivity index (χ4v) is 3.18. The van der Waals surface area contributed by atoms with Crippen LogP contribution in [-0.2, 0) is 6.42 Å². The number of carbonyl (C=O) groups excluding carboxylic acids is 1. The maximum Gasteiger partial charge on any atom is 0.261 e. The fraction of sp³-hybridized carbons (Fsp3) is 0.250. The minimum absolute atomic E-state index is 0.201. The van der Waals surface area contributed by atoms with Crippen LogP contribution in [0.2, 0.25) is 0 Å². The van der Waals surface area contributed by atoms with Crippen molar-refractivity contribution in [2.45, 2.75) is 34.1 Å². The molecule has 1 amide bonds. The molecule has 1 heterocycles. The summed E-state index contributed by atoms with van der Waals surface area (Å²) in [5, 5.41) is 3.02. The average Bonchev–Trinajstić information content (AvgIpc) is 2.66. The van der Waals surface area contributed by atoms with Crippen LogP contribution in [0.1, 0.15) is 38.4 Å². The predicted molar refractivity (Wildman–Crippen MR) is 113 cm³/mol. The van der Waals surface area contributed by atoms with Crippen molar-refractivity contribution < 1.29 is 9.53 Å². The Morgan fingerprint density at radius 2 is 1.75 bits per heavy atom. The number of aromatic nitrogens is 1. The summed E-state index contributed by atoms with van der Waals surface area (Å²) in [6.07, 6.45) is 0.777. The highest BCUT2D eigenvalue weighted by atomic mass is 16.5. The van der Waals surface area contributed by atoms with Gasteiger partial charge in [-0.2, -0.15) is 0 Å². The van der Waals surface area contributed by atoms with E-state index in [0.717, 1.165) is 28.9 Å². The lowest BCUT2D eigenvalue weighted by molar-refractivity contribution is 0.102. The molecular formula is C24H26N2O2. The standard InChI is InChI=1S/C24H26N2O2/c1-16-9-8-12-21(18(16)3)26-24(27)23-19(4)25-17(2)15-22(23)28-14-13-20-10-6-5-7-11-20/h5-12,15H,13-14H2,1-4H3,(H,26,27). The molecule has 0 aliphatic rings. The topological polar surface area (TPSA) is 51.2 Å². The first-order valence-electron chi connectivity index (χ1n) is 9.48. The molecule has 0 radical (unpaired) electrons. The van der Waals surface area contributed by atoms with Crippen molar-refractivity contribution in [2.24, 2.45) is 0 Å². The van der Waals surface area contributed by atoms with Crippen LogP contribution in [0.5, 0.6) is 5.75 Å². The maximum absolute atomic E-state index is 13.0. The number of carbonyl (C=O) groups is 1. The summed E-state index contributed by atoms with van der Waals surface area (Å²) >= 11 is 0. The number of aryl methyl sites for hydroxylation is 3. The van der Waals surface area contributed by atoms with Crippen LogP contribution in [0.25, 0.3) is 0 Å². The molecule has 2 aromatic carbocycles. The molecule has 0 unspecified atom stereocenters.